The van der Waals surface area contributed by atoms with Gasteiger partial charge in [0.05, 0.1) is 13.5 Å². The monoisotopic (exact) mass is 340 g/mol. The zero-order chi connectivity index (χ0) is 18.2. The zero-order valence-corrected chi connectivity index (χ0v) is 14.9. The van der Waals surface area contributed by atoms with E-state index in [1.807, 2.05) is 54.6 Å². The molecule has 2 amide bonds. The van der Waals surface area contributed by atoms with Gasteiger partial charge >= 0.3 is 0 Å². The molecule has 25 heavy (non-hydrogen) atoms. The van der Waals surface area contributed by atoms with Crippen molar-refractivity contribution in [2.24, 2.45) is 0 Å². The standard InChI is InChI=1S/C20H24N2O3/c1-15(20(24)21-2)22(14-17-10-7-11-18(12-17)25-3)19(23)13-16-8-5-4-6-9-16/h4-12,15H,13-14H2,1-3H3,(H,21,24)/t15-/m0/s1. The predicted octanol–water partition coefficient (Wildman–Crippen LogP) is 2.40. The highest BCUT2D eigenvalue weighted by Gasteiger charge is 2.25. The molecule has 2 aromatic rings. The lowest BCUT2D eigenvalue weighted by Gasteiger charge is -2.28. The van der Waals surface area contributed by atoms with Crippen molar-refractivity contribution in [1.29, 1.82) is 0 Å². The van der Waals surface area contributed by atoms with Crippen LogP contribution in [0.3, 0.4) is 0 Å². The topological polar surface area (TPSA) is 58.6 Å². The second-order valence-corrected chi connectivity index (χ2v) is 5.83. The number of likely N-dealkylation sites (N-methyl/N-ethyl adjacent to an activating group) is 1. The van der Waals surface area contributed by atoms with Gasteiger partial charge in [0.25, 0.3) is 0 Å². The smallest absolute Gasteiger partial charge is 0.242 e. The molecule has 132 valence electrons. The summed E-state index contributed by atoms with van der Waals surface area (Å²) in [4.78, 5) is 26.5. The van der Waals surface area contributed by atoms with E-state index < -0.39 is 6.04 Å². The number of amides is 2. The maximum Gasteiger partial charge on any atom is 0.242 e. The molecule has 0 radical (unpaired) electrons. The normalized spacial score (nSPS) is 11.5. The van der Waals surface area contributed by atoms with E-state index in [0.29, 0.717) is 6.54 Å². The molecule has 0 aromatic heterocycles. The van der Waals surface area contributed by atoms with Crippen LogP contribution in [0.2, 0.25) is 0 Å². The summed E-state index contributed by atoms with van der Waals surface area (Å²) in [5.74, 6) is 0.440. The Morgan fingerprint density at radius 2 is 1.76 bits per heavy atom. The lowest BCUT2D eigenvalue weighted by Crippen LogP contribution is -2.47. The Morgan fingerprint density at radius 3 is 2.40 bits per heavy atom. The minimum atomic E-state index is -0.563. The minimum absolute atomic E-state index is 0.0925. The summed E-state index contributed by atoms with van der Waals surface area (Å²) in [6.45, 7) is 2.08. The Hall–Kier alpha value is -2.82. The lowest BCUT2D eigenvalue weighted by atomic mass is 10.1. The molecule has 0 saturated heterocycles. The first-order chi connectivity index (χ1) is 12.0. The molecular formula is C20H24N2O3. The molecule has 0 aliphatic carbocycles. The van der Waals surface area contributed by atoms with E-state index in [1.54, 1.807) is 26.0 Å². The van der Waals surface area contributed by atoms with E-state index in [2.05, 4.69) is 5.32 Å². The van der Waals surface area contributed by atoms with Crippen molar-refractivity contribution in [1.82, 2.24) is 10.2 Å². The molecule has 0 bridgehead atoms. The Kier molecular flexibility index (Phi) is 6.57. The summed E-state index contributed by atoms with van der Waals surface area (Å²) < 4.78 is 5.24. The van der Waals surface area contributed by atoms with Crippen LogP contribution in [0, 0.1) is 0 Å². The minimum Gasteiger partial charge on any atom is -0.497 e. The molecule has 0 spiro atoms. The number of ether oxygens (including phenoxy) is 1. The molecule has 0 heterocycles. The van der Waals surface area contributed by atoms with E-state index in [0.717, 1.165) is 16.9 Å². The molecule has 2 aromatic carbocycles. The summed E-state index contributed by atoms with van der Waals surface area (Å²) >= 11 is 0. The Morgan fingerprint density at radius 1 is 1.08 bits per heavy atom. The van der Waals surface area contributed by atoms with Crippen LogP contribution in [-0.4, -0.2) is 36.9 Å². The van der Waals surface area contributed by atoms with Crippen molar-refractivity contribution in [3.8, 4) is 5.75 Å². The Bertz CT molecular complexity index is 716. The van der Waals surface area contributed by atoms with Crippen LogP contribution >= 0.6 is 0 Å². The van der Waals surface area contributed by atoms with Gasteiger partial charge in [-0.15, -0.1) is 0 Å². The number of benzene rings is 2. The van der Waals surface area contributed by atoms with Gasteiger partial charge in [0.15, 0.2) is 0 Å². The highest BCUT2D eigenvalue weighted by molar-refractivity contribution is 5.88. The van der Waals surface area contributed by atoms with E-state index in [9.17, 15) is 9.59 Å². The summed E-state index contributed by atoms with van der Waals surface area (Å²) in [5, 5.41) is 2.61. The molecule has 1 atom stereocenters. The summed E-state index contributed by atoms with van der Waals surface area (Å²) in [5.41, 5.74) is 1.84. The average Bonchev–Trinajstić information content (AvgIpc) is 2.65. The number of methoxy groups -OCH3 is 1. The molecule has 0 saturated carbocycles. The molecular weight excluding hydrogens is 316 g/mol. The predicted molar refractivity (Wildman–Crippen MR) is 97.2 cm³/mol. The van der Waals surface area contributed by atoms with Gasteiger partial charge in [0.1, 0.15) is 11.8 Å². The SMILES string of the molecule is CNC(=O)[C@H](C)N(Cc1cccc(OC)c1)C(=O)Cc1ccccc1. The van der Waals surface area contributed by atoms with Crippen LogP contribution in [0.5, 0.6) is 5.75 Å². The number of carbonyl (C=O) groups excluding carboxylic acids is 2. The van der Waals surface area contributed by atoms with Gasteiger partial charge in [0, 0.05) is 13.6 Å². The van der Waals surface area contributed by atoms with Gasteiger partial charge in [-0.2, -0.15) is 0 Å². The zero-order valence-electron chi connectivity index (χ0n) is 14.9. The number of nitrogens with zero attached hydrogens (tertiary/aromatic N) is 1. The van der Waals surface area contributed by atoms with E-state index in [-0.39, 0.29) is 18.2 Å². The summed E-state index contributed by atoms with van der Waals surface area (Å²) in [6, 6.07) is 16.5. The van der Waals surface area contributed by atoms with E-state index >= 15 is 0 Å². The molecule has 0 unspecified atom stereocenters. The largest absolute Gasteiger partial charge is 0.497 e. The molecule has 1 N–H and O–H groups in total. The fraction of sp³-hybridized carbons (Fsp3) is 0.300. The van der Waals surface area contributed by atoms with Crippen LogP contribution in [-0.2, 0) is 22.6 Å². The Balaban J connectivity index is 2.22. The van der Waals surface area contributed by atoms with Crippen molar-refractivity contribution in [3.05, 3.63) is 65.7 Å². The first kappa shape index (κ1) is 18.5. The molecule has 0 aliphatic heterocycles. The van der Waals surface area contributed by atoms with Gasteiger partial charge < -0.3 is 15.0 Å². The highest BCUT2D eigenvalue weighted by Crippen LogP contribution is 2.17. The van der Waals surface area contributed by atoms with Crippen LogP contribution in [0.1, 0.15) is 18.1 Å². The third kappa shape index (κ3) is 5.08. The molecule has 0 fully saturated rings. The van der Waals surface area contributed by atoms with Gasteiger partial charge in [-0.25, -0.2) is 0 Å². The van der Waals surface area contributed by atoms with Gasteiger partial charge in [-0.1, -0.05) is 42.5 Å². The fourth-order valence-corrected chi connectivity index (χ4v) is 2.63. The second-order valence-electron chi connectivity index (χ2n) is 5.83. The highest BCUT2D eigenvalue weighted by atomic mass is 16.5. The molecule has 2 rings (SSSR count). The molecule has 5 heteroatoms. The summed E-state index contributed by atoms with van der Waals surface area (Å²) in [7, 11) is 3.18. The summed E-state index contributed by atoms with van der Waals surface area (Å²) in [6.07, 6.45) is 0.256. The second kappa shape index (κ2) is 8.87. The first-order valence-electron chi connectivity index (χ1n) is 8.23. The Labute approximate surface area is 148 Å². The lowest BCUT2D eigenvalue weighted by molar-refractivity contribution is -0.139. The number of rotatable bonds is 7. The van der Waals surface area contributed by atoms with E-state index in [1.165, 1.54) is 0 Å². The van der Waals surface area contributed by atoms with Crippen LogP contribution in [0.4, 0.5) is 0 Å². The quantitative estimate of drug-likeness (QED) is 0.842. The third-order valence-electron chi connectivity index (χ3n) is 4.10. The number of carbonyl (C=O) groups is 2. The van der Waals surface area contributed by atoms with Gasteiger partial charge in [-0.3, -0.25) is 9.59 Å². The fourth-order valence-electron chi connectivity index (χ4n) is 2.63. The van der Waals surface area contributed by atoms with Crippen LogP contribution < -0.4 is 10.1 Å². The number of hydrogen-bond donors (Lipinski definition) is 1. The number of nitrogens with one attached hydrogen (secondary N) is 1. The maximum atomic E-state index is 12.8. The molecule has 0 aliphatic rings. The maximum absolute atomic E-state index is 12.8. The first-order valence-corrected chi connectivity index (χ1v) is 8.23. The molecule has 5 nitrogen and oxygen atoms in total. The van der Waals surface area contributed by atoms with Crippen LogP contribution in [0.25, 0.3) is 0 Å². The van der Waals surface area contributed by atoms with Crippen molar-refractivity contribution >= 4 is 11.8 Å². The van der Waals surface area contributed by atoms with E-state index in [4.69, 9.17) is 4.74 Å². The van der Waals surface area contributed by atoms with Crippen molar-refractivity contribution in [2.45, 2.75) is 25.9 Å². The van der Waals surface area contributed by atoms with Crippen molar-refractivity contribution in [3.63, 3.8) is 0 Å². The van der Waals surface area contributed by atoms with Crippen LogP contribution in [0.15, 0.2) is 54.6 Å². The van der Waals surface area contributed by atoms with Crippen molar-refractivity contribution < 1.29 is 14.3 Å². The van der Waals surface area contributed by atoms with Gasteiger partial charge in [-0.05, 0) is 30.2 Å². The van der Waals surface area contributed by atoms with Crippen molar-refractivity contribution in [2.75, 3.05) is 14.2 Å². The third-order valence-corrected chi connectivity index (χ3v) is 4.10. The number of hydrogen-bond acceptors (Lipinski definition) is 3. The average molecular weight is 340 g/mol. The van der Waals surface area contributed by atoms with Gasteiger partial charge in [0.2, 0.25) is 11.8 Å².